The van der Waals surface area contributed by atoms with Crippen LogP contribution >= 0.6 is 0 Å². The molecule has 0 spiro atoms. The highest BCUT2D eigenvalue weighted by Crippen LogP contribution is 2.28. The van der Waals surface area contributed by atoms with Gasteiger partial charge in [0.1, 0.15) is 11.9 Å². The monoisotopic (exact) mass is 416 g/mol. The molecular formula is C25H21FN2O3. The molecule has 4 rings (SSSR count). The van der Waals surface area contributed by atoms with Crippen molar-refractivity contribution in [3.63, 3.8) is 0 Å². The van der Waals surface area contributed by atoms with E-state index in [0.717, 1.165) is 16.0 Å². The van der Waals surface area contributed by atoms with Crippen molar-refractivity contribution in [2.75, 3.05) is 4.90 Å². The first-order valence-electron chi connectivity index (χ1n) is 9.98. The van der Waals surface area contributed by atoms with Crippen molar-refractivity contribution in [1.82, 2.24) is 4.90 Å². The van der Waals surface area contributed by atoms with Crippen LogP contribution in [0.15, 0.2) is 78.9 Å². The second-order valence-electron chi connectivity index (χ2n) is 7.55. The Kier molecular flexibility index (Phi) is 5.62. The fourth-order valence-corrected chi connectivity index (χ4v) is 3.69. The summed E-state index contributed by atoms with van der Waals surface area (Å²) >= 11 is 0. The second kappa shape index (κ2) is 8.52. The van der Waals surface area contributed by atoms with E-state index in [9.17, 15) is 18.8 Å². The lowest BCUT2D eigenvalue weighted by Crippen LogP contribution is -2.45. The largest absolute Gasteiger partial charge is 0.322 e. The van der Waals surface area contributed by atoms with Gasteiger partial charge < -0.3 is 4.90 Å². The lowest BCUT2D eigenvalue weighted by atomic mass is 10.1. The summed E-state index contributed by atoms with van der Waals surface area (Å²) in [5, 5.41) is 0. The van der Waals surface area contributed by atoms with Crippen LogP contribution in [0.5, 0.6) is 0 Å². The third-order valence-corrected chi connectivity index (χ3v) is 5.34. The Morgan fingerprint density at radius 2 is 1.61 bits per heavy atom. The zero-order chi connectivity index (χ0) is 22.0. The van der Waals surface area contributed by atoms with Gasteiger partial charge in [-0.05, 0) is 48.9 Å². The van der Waals surface area contributed by atoms with Crippen LogP contribution in [0.3, 0.4) is 0 Å². The molecule has 1 atom stereocenters. The summed E-state index contributed by atoms with van der Waals surface area (Å²) in [6.45, 7) is 2.08. The summed E-state index contributed by atoms with van der Waals surface area (Å²) in [4.78, 5) is 41.9. The van der Waals surface area contributed by atoms with Gasteiger partial charge in [-0.25, -0.2) is 9.29 Å². The van der Waals surface area contributed by atoms with Gasteiger partial charge in [-0.3, -0.25) is 14.4 Å². The van der Waals surface area contributed by atoms with E-state index in [-0.39, 0.29) is 24.4 Å². The molecule has 6 heteroatoms. The minimum atomic E-state index is -0.938. The third kappa shape index (κ3) is 4.23. The number of carbonyl (C=O) groups excluding carboxylic acids is 3. The molecule has 156 valence electrons. The first kappa shape index (κ1) is 20.5. The van der Waals surface area contributed by atoms with Crippen LogP contribution in [0.4, 0.5) is 10.1 Å². The molecular weight excluding hydrogens is 395 g/mol. The van der Waals surface area contributed by atoms with Crippen LogP contribution < -0.4 is 4.90 Å². The van der Waals surface area contributed by atoms with Crippen LogP contribution in [-0.2, 0) is 16.1 Å². The van der Waals surface area contributed by atoms with Crippen LogP contribution in [-0.4, -0.2) is 28.7 Å². The molecule has 3 amide bonds. The minimum absolute atomic E-state index is 0.105. The zero-order valence-electron chi connectivity index (χ0n) is 17.0. The Morgan fingerprint density at radius 3 is 2.26 bits per heavy atom. The summed E-state index contributed by atoms with van der Waals surface area (Å²) in [7, 11) is 0. The molecule has 1 fully saturated rings. The molecule has 0 aliphatic carbocycles. The molecule has 0 bridgehead atoms. The van der Waals surface area contributed by atoms with E-state index in [2.05, 4.69) is 0 Å². The summed E-state index contributed by atoms with van der Waals surface area (Å²) in [5.74, 6) is -1.69. The maximum Gasteiger partial charge on any atom is 0.257 e. The van der Waals surface area contributed by atoms with E-state index < -0.39 is 23.7 Å². The third-order valence-electron chi connectivity index (χ3n) is 5.34. The Labute approximate surface area is 179 Å². The van der Waals surface area contributed by atoms with Crippen molar-refractivity contribution in [3.05, 3.63) is 101 Å². The maximum absolute atomic E-state index is 13.3. The molecule has 3 aromatic carbocycles. The van der Waals surface area contributed by atoms with Gasteiger partial charge in [-0.15, -0.1) is 0 Å². The molecule has 0 aromatic heterocycles. The number of carbonyl (C=O) groups is 3. The normalized spacial score (nSPS) is 15.9. The van der Waals surface area contributed by atoms with E-state index in [1.54, 1.807) is 12.1 Å². The number of halogens is 1. The number of benzene rings is 3. The molecule has 0 N–H and O–H groups in total. The molecule has 0 radical (unpaired) electrons. The number of aryl methyl sites for hydroxylation is 1. The minimum Gasteiger partial charge on any atom is -0.322 e. The van der Waals surface area contributed by atoms with Crippen molar-refractivity contribution in [2.24, 2.45) is 0 Å². The number of anilines is 1. The molecule has 0 saturated carbocycles. The summed E-state index contributed by atoms with van der Waals surface area (Å²) in [6, 6.07) is 20.6. The summed E-state index contributed by atoms with van der Waals surface area (Å²) in [6.07, 6.45) is -0.105. The van der Waals surface area contributed by atoms with Crippen molar-refractivity contribution in [2.45, 2.75) is 25.9 Å². The van der Waals surface area contributed by atoms with Gasteiger partial charge >= 0.3 is 0 Å². The predicted molar refractivity (Wildman–Crippen MR) is 115 cm³/mol. The maximum atomic E-state index is 13.3. The molecule has 1 saturated heterocycles. The number of nitrogens with zero attached hydrogens (tertiary/aromatic N) is 2. The highest BCUT2D eigenvalue weighted by Gasteiger charge is 2.44. The first-order chi connectivity index (χ1) is 14.9. The van der Waals surface area contributed by atoms with E-state index in [1.165, 1.54) is 29.2 Å². The van der Waals surface area contributed by atoms with Gasteiger partial charge in [0.15, 0.2) is 0 Å². The van der Waals surface area contributed by atoms with E-state index in [0.29, 0.717) is 5.69 Å². The molecule has 1 heterocycles. The van der Waals surface area contributed by atoms with Crippen LogP contribution in [0.25, 0.3) is 0 Å². The lowest BCUT2D eigenvalue weighted by Gasteiger charge is -2.28. The SMILES string of the molecule is Cc1ccc(N2C(=O)CC(N(Cc3ccccc3)C(=O)c3ccc(F)cc3)C2=O)cc1. The lowest BCUT2D eigenvalue weighted by molar-refractivity contribution is -0.122. The number of amides is 3. The zero-order valence-corrected chi connectivity index (χ0v) is 17.0. The Hall–Kier alpha value is -3.80. The number of imide groups is 1. The van der Waals surface area contributed by atoms with Crippen molar-refractivity contribution in [1.29, 1.82) is 0 Å². The van der Waals surface area contributed by atoms with E-state index >= 15 is 0 Å². The highest BCUT2D eigenvalue weighted by atomic mass is 19.1. The number of hydrogen-bond acceptors (Lipinski definition) is 3. The van der Waals surface area contributed by atoms with E-state index in [4.69, 9.17) is 0 Å². The standard InChI is InChI=1S/C25H21FN2O3/c1-17-7-13-21(14-8-17)28-23(29)15-22(25(28)31)27(16-18-5-3-2-4-6-18)24(30)19-9-11-20(26)12-10-19/h2-14,22H,15-16H2,1H3. The average Bonchev–Trinajstić information content (AvgIpc) is 3.07. The smallest absolute Gasteiger partial charge is 0.257 e. The molecule has 5 nitrogen and oxygen atoms in total. The molecule has 1 aliphatic rings. The molecule has 3 aromatic rings. The average molecular weight is 416 g/mol. The van der Waals surface area contributed by atoms with Crippen molar-refractivity contribution < 1.29 is 18.8 Å². The Balaban J connectivity index is 1.68. The van der Waals surface area contributed by atoms with Crippen molar-refractivity contribution >= 4 is 23.4 Å². The van der Waals surface area contributed by atoms with Gasteiger partial charge in [0.05, 0.1) is 12.1 Å². The number of rotatable bonds is 5. The van der Waals surface area contributed by atoms with Gasteiger partial charge in [-0.1, -0.05) is 48.0 Å². The van der Waals surface area contributed by atoms with Crippen LogP contribution in [0, 0.1) is 12.7 Å². The molecule has 1 unspecified atom stereocenters. The summed E-state index contributed by atoms with van der Waals surface area (Å²) < 4.78 is 13.3. The van der Waals surface area contributed by atoms with Gasteiger partial charge in [0.25, 0.3) is 11.8 Å². The molecule has 1 aliphatic heterocycles. The van der Waals surface area contributed by atoms with Crippen molar-refractivity contribution in [3.8, 4) is 0 Å². The predicted octanol–water partition coefficient (Wildman–Crippen LogP) is 4.11. The van der Waals surface area contributed by atoms with Gasteiger partial charge in [-0.2, -0.15) is 0 Å². The highest BCUT2D eigenvalue weighted by molar-refractivity contribution is 6.23. The fourth-order valence-electron chi connectivity index (χ4n) is 3.69. The molecule has 31 heavy (non-hydrogen) atoms. The van der Waals surface area contributed by atoms with Crippen LogP contribution in [0.2, 0.25) is 0 Å². The second-order valence-corrected chi connectivity index (χ2v) is 7.55. The number of hydrogen-bond donors (Lipinski definition) is 0. The fraction of sp³-hybridized carbons (Fsp3) is 0.160. The topological polar surface area (TPSA) is 57.7 Å². The Morgan fingerprint density at radius 1 is 0.968 bits per heavy atom. The van der Waals surface area contributed by atoms with E-state index in [1.807, 2.05) is 49.4 Å². The Bertz CT molecular complexity index is 1110. The van der Waals surface area contributed by atoms with Crippen LogP contribution in [0.1, 0.15) is 27.9 Å². The summed E-state index contributed by atoms with van der Waals surface area (Å²) in [5.41, 5.74) is 2.58. The van der Waals surface area contributed by atoms with Gasteiger partial charge in [0.2, 0.25) is 5.91 Å². The first-order valence-corrected chi connectivity index (χ1v) is 9.98. The van der Waals surface area contributed by atoms with Gasteiger partial charge in [0, 0.05) is 12.1 Å². The quantitative estimate of drug-likeness (QED) is 0.588.